The third-order valence-electron chi connectivity index (χ3n) is 3.41. The van der Waals surface area contributed by atoms with Gasteiger partial charge in [0.1, 0.15) is 0 Å². The summed E-state index contributed by atoms with van der Waals surface area (Å²) in [4.78, 5) is 15.1. The Balaban J connectivity index is 2.21. The van der Waals surface area contributed by atoms with E-state index in [-0.39, 0.29) is 10.6 Å². The van der Waals surface area contributed by atoms with Crippen molar-refractivity contribution in [3.8, 4) is 0 Å². The van der Waals surface area contributed by atoms with Crippen LogP contribution in [0.2, 0.25) is 0 Å². The summed E-state index contributed by atoms with van der Waals surface area (Å²) in [5.41, 5.74) is 1.28. The lowest BCUT2D eigenvalue weighted by atomic mass is 10.2. The molecule has 1 aliphatic heterocycles. The Labute approximate surface area is 126 Å². The molecule has 2 rings (SSSR count). The summed E-state index contributed by atoms with van der Waals surface area (Å²) >= 11 is 2.04. The van der Waals surface area contributed by atoms with E-state index in [1.165, 1.54) is 12.8 Å². The van der Waals surface area contributed by atoms with E-state index in [0.717, 1.165) is 18.8 Å². The first kappa shape index (κ1) is 14.5. The van der Waals surface area contributed by atoms with Crippen LogP contribution in [0.4, 0.5) is 11.4 Å². The van der Waals surface area contributed by atoms with Gasteiger partial charge in [0, 0.05) is 30.9 Å². The van der Waals surface area contributed by atoms with Gasteiger partial charge in [0.2, 0.25) is 0 Å². The summed E-state index contributed by atoms with van der Waals surface area (Å²) in [6.45, 7) is 2.06. The number of anilines is 1. The van der Waals surface area contributed by atoms with Gasteiger partial charge in [-0.1, -0.05) is 0 Å². The first-order valence-corrected chi connectivity index (χ1v) is 7.42. The van der Waals surface area contributed by atoms with E-state index in [9.17, 15) is 10.1 Å². The van der Waals surface area contributed by atoms with Crippen LogP contribution in [0.5, 0.6) is 0 Å². The Hall–Kier alpha value is -0.890. The van der Waals surface area contributed by atoms with Crippen molar-refractivity contribution < 1.29 is 4.92 Å². The summed E-state index contributed by atoms with van der Waals surface area (Å²) in [6, 6.07) is 5.91. The summed E-state index contributed by atoms with van der Waals surface area (Å²) in [6.07, 6.45) is 2.37. The summed E-state index contributed by atoms with van der Waals surface area (Å²) in [5.74, 6) is 0. The number of hydrogen-bond acceptors (Lipinski definition) is 4. The van der Waals surface area contributed by atoms with Gasteiger partial charge in [-0.3, -0.25) is 10.1 Å². The molecular weight excluding hydrogens is 357 g/mol. The summed E-state index contributed by atoms with van der Waals surface area (Å²) < 4.78 is 0.704. The van der Waals surface area contributed by atoms with E-state index in [0.29, 0.717) is 9.61 Å². The molecule has 0 N–H and O–H groups in total. The largest absolute Gasteiger partial charge is 0.367 e. The second-order valence-corrected chi connectivity index (χ2v) is 6.31. The fourth-order valence-corrected chi connectivity index (χ4v) is 3.31. The van der Waals surface area contributed by atoms with Crippen molar-refractivity contribution in [1.29, 1.82) is 0 Å². The molecule has 0 spiro atoms. The van der Waals surface area contributed by atoms with Crippen molar-refractivity contribution in [3.63, 3.8) is 0 Å². The second-order valence-electron chi connectivity index (χ2n) is 5.14. The molecule has 104 valence electrons. The van der Waals surface area contributed by atoms with E-state index in [1.54, 1.807) is 6.07 Å². The zero-order valence-corrected chi connectivity index (χ0v) is 13.3. The zero-order chi connectivity index (χ0) is 14.0. The molecule has 6 heteroatoms. The zero-order valence-electron chi connectivity index (χ0n) is 11.2. The molecule has 1 atom stereocenters. The lowest BCUT2D eigenvalue weighted by molar-refractivity contribution is -0.385. The van der Waals surface area contributed by atoms with Gasteiger partial charge in [0.05, 0.1) is 8.49 Å². The molecule has 19 heavy (non-hydrogen) atoms. The van der Waals surface area contributed by atoms with Gasteiger partial charge in [-0.2, -0.15) is 0 Å². The first-order valence-electron chi connectivity index (χ1n) is 6.34. The van der Waals surface area contributed by atoms with Crippen LogP contribution in [0.25, 0.3) is 0 Å². The lowest BCUT2D eigenvalue weighted by Gasteiger charge is -2.29. The Kier molecular flexibility index (Phi) is 4.62. The Morgan fingerprint density at radius 1 is 1.53 bits per heavy atom. The molecule has 0 saturated carbocycles. The average molecular weight is 375 g/mol. The van der Waals surface area contributed by atoms with E-state index in [1.807, 2.05) is 34.7 Å². The van der Waals surface area contributed by atoms with Crippen molar-refractivity contribution in [2.75, 3.05) is 32.1 Å². The van der Waals surface area contributed by atoms with Gasteiger partial charge in [-0.15, -0.1) is 0 Å². The minimum atomic E-state index is -0.327. The fourth-order valence-electron chi connectivity index (χ4n) is 2.61. The van der Waals surface area contributed by atoms with Crippen molar-refractivity contribution in [3.05, 3.63) is 31.9 Å². The van der Waals surface area contributed by atoms with Gasteiger partial charge in [-0.05, 0) is 61.7 Å². The van der Waals surface area contributed by atoms with Gasteiger partial charge in [0.15, 0.2) is 0 Å². The normalized spacial score (nSPS) is 19.2. The molecular formula is C13H18IN3O2. The third-order valence-corrected chi connectivity index (χ3v) is 4.28. The molecule has 0 radical (unpaired) electrons. The van der Waals surface area contributed by atoms with Crippen LogP contribution < -0.4 is 4.90 Å². The van der Waals surface area contributed by atoms with E-state index < -0.39 is 0 Å². The minimum Gasteiger partial charge on any atom is -0.367 e. The van der Waals surface area contributed by atoms with Gasteiger partial charge < -0.3 is 9.80 Å². The number of nitro groups is 1. The third kappa shape index (κ3) is 3.36. The molecule has 1 aromatic carbocycles. The number of hydrogen-bond donors (Lipinski definition) is 0. The Morgan fingerprint density at radius 2 is 2.26 bits per heavy atom. The molecule has 0 aromatic heterocycles. The molecule has 1 unspecified atom stereocenters. The quantitative estimate of drug-likeness (QED) is 0.461. The van der Waals surface area contributed by atoms with Crippen LogP contribution in [0.3, 0.4) is 0 Å². The Bertz CT molecular complexity index is 479. The van der Waals surface area contributed by atoms with Crippen LogP contribution in [0.15, 0.2) is 18.2 Å². The average Bonchev–Trinajstić information content (AvgIpc) is 2.75. The van der Waals surface area contributed by atoms with Crippen LogP contribution in [0, 0.1) is 13.7 Å². The van der Waals surface area contributed by atoms with Gasteiger partial charge in [0.25, 0.3) is 5.69 Å². The van der Waals surface area contributed by atoms with E-state index >= 15 is 0 Å². The summed E-state index contributed by atoms with van der Waals surface area (Å²) in [7, 11) is 4.16. The van der Waals surface area contributed by atoms with Crippen LogP contribution in [-0.4, -0.2) is 43.0 Å². The molecule has 0 bridgehead atoms. The van der Waals surface area contributed by atoms with E-state index in [4.69, 9.17) is 0 Å². The van der Waals surface area contributed by atoms with Crippen molar-refractivity contribution in [2.24, 2.45) is 0 Å². The molecule has 0 aliphatic carbocycles. The highest BCUT2D eigenvalue weighted by Crippen LogP contribution is 2.30. The number of nitrogens with zero attached hydrogens (tertiary/aromatic N) is 3. The Morgan fingerprint density at radius 3 is 2.84 bits per heavy atom. The smallest absolute Gasteiger partial charge is 0.282 e. The van der Waals surface area contributed by atoms with Crippen molar-refractivity contribution in [1.82, 2.24) is 4.90 Å². The molecule has 1 aromatic rings. The minimum absolute atomic E-state index is 0.188. The highest BCUT2D eigenvalue weighted by Gasteiger charge is 2.26. The second kappa shape index (κ2) is 6.04. The molecule has 1 saturated heterocycles. The van der Waals surface area contributed by atoms with Gasteiger partial charge >= 0.3 is 0 Å². The molecule has 5 nitrogen and oxygen atoms in total. The lowest BCUT2D eigenvalue weighted by Crippen LogP contribution is -2.37. The van der Waals surface area contributed by atoms with Crippen LogP contribution in [0.1, 0.15) is 12.8 Å². The standard InChI is InChI=1S/C13H18IN3O2/c1-15(2)9-11-4-3-7-16(11)10-5-6-13(17(18)19)12(14)8-10/h5-6,8,11H,3-4,7,9H2,1-2H3. The topological polar surface area (TPSA) is 49.6 Å². The molecule has 1 heterocycles. The number of halogens is 1. The predicted octanol–water partition coefficient (Wildman–Crippen LogP) is 2.73. The predicted molar refractivity (Wildman–Crippen MR) is 84.7 cm³/mol. The number of rotatable bonds is 4. The first-order chi connectivity index (χ1) is 8.99. The maximum atomic E-state index is 10.8. The number of nitro benzene ring substituents is 1. The molecule has 1 aliphatic rings. The van der Waals surface area contributed by atoms with Crippen LogP contribution >= 0.6 is 22.6 Å². The van der Waals surface area contributed by atoms with Gasteiger partial charge in [-0.25, -0.2) is 0 Å². The number of benzene rings is 1. The van der Waals surface area contributed by atoms with Crippen molar-refractivity contribution >= 4 is 34.0 Å². The van der Waals surface area contributed by atoms with Crippen LogP contribution in [-0.2, 0) is 0 Å². The molecule has 0 amide bonds. The molecule has 1 fully saturated rings. The van der Waals surface area contributed by atoms with Crippen molar-refractivity contribution in [2.45, 2.75) is 18.9 Å². The maximum Gasteiger partial charge on any atom is 0.282 e. The van der Waals surface area contributed by atoms with E-state index in [2.05, 4.69) is 23.9 Å². The monoisotopic (exact) mass is 375 g/mol. The number of likely N-dealkylation sites (N-methyl/N-ethyl adjacent to an activating group) is 1. The highest BCUT2D eigenvalue weighted by molar-refractivity contribution is 14.1. The fraction of sp³-hybridized carbons (Fsp3) is 0.538. The summed E-state index contributed by atoms with van der Waals surface area (Å²) in [5, 5.41) is 10.8. The maximum absolute atomic E-state index is 10.8. The SMILES string of the molecule is CN(C)CC1CCCN1c1ccc([N+](=O)[O-])c(I)c1. The highest BCUT2D eigenvalue weighted by atomic mass is 127.